The van der Waals surface area contributed by atoms with Crippen LogP contribution in [0.4, 0.5) is 8.78 Å². The second-order valence-corrected chi connectivity index (χ2v) is 4.98. The number of nitrogens with zero attached hydrogens (tertiary/aromatic N) is 1. The fraction of sp³-hybridized carbons (Fsp3) is 0.429. The second kappa shape index (κ2) is 5.98. The third kappa shape index (κ3) is 3.53. The molecule has 1 aliphatic rings. The molecule has 1 aromatic rings. The molecule has 2 amide bonds. The maximum atomic E-state index is 13.4. The summed E-state index contributed by atoms with van der Waals surface area (Å²) in [5.74, 6) is -1.31. The number of carbonyl (C=O) groups is 2. The molecule has 0 spiro atoms. The van der Waals surface area contributed by atoms with Crippen LogP contribution in [0.3, 0.4) is 0 Å². The molecule has 4 nitrogen and oxygen atoms in total. The molecule has 0 bridgehead atoms. The van der Waals surface area contributed by atoms with E-state index in [1.165, 1.54) is 0 Å². The Morgan fingerprint density at radius 2 is 2.20 bits per heavy atom. The molecule has 0 saturated carbocycles. The van der Waals surface area contributed by atoms with Gasteiger partial charge in [-0.15, -0.1) is 0 Å². The van der Waals surface area contributed by atoms with E-state index in [2.05, 4.69) is 5.32 Å². The van der Waals surface area contributed by atoms with Crippen molar-refractivity contribution >= 4 is 11.8 Å². The van der Waals surface area contributed by atoms with Gasteiger partial charge in [0.25, 0.3) is 0 Å². The first kappa shape index (κ1) is 14.4. The van der Waals surface area contributed by atoms with E-state index in [1.54, 1.807) is 11.9 Å². The molecular formula is C14H16F2N2O2. The van der Waals surface area contributed by atoms with Gasteiger partial charge in [0, 0.05) is 26.4 Å². The third-order valence-electron chi connectivity index (χ3n) is 3.34. The molecule has 1 heterocycles. The zero-order valence-electron chi connectivity index (χ0n) is 11.2. The maximum Gasteiger partial charge on any atom is 0.224 e. The average Bonchev–Trinajstić information content (AvgIpc) is 2.69. The number of rotatable bonds is 4. The molecular weight excluding hydrogens is 266 g/mol. The number of likely N-dealkylation sites (N-methyl/N-ethyl adjacent to an activating group) is 1. The van der Waals surface area contributed by atoms with Crippen LogP contribution in [0, 0.1) is 11.6 Å². The minimum absolute atomic E-state index is 0.00789. The van der Waals surface area contributed by atoms with Crippen molar-refractivity contribution < 1.29 is 18.4 Å². The Bertz CT molecular complexity index is 534. The van der Waals surface area contributed by atoms with Crippen molar-refractivity contribution in [1.29, 1.82) is 0 Å². The monoisotopic (exact) mass is 282 g/mol. The van der Waals surface area contributed by atoms with Gasteiger partial charge < -0.3 is 10.2 Å². The van der Waals surface area contributed by atoms with E-state index in [4.69, 9.17) is 0 Å². The number of halogens is 2. The highest BCUT2D eigenvalue weighted by Crippen LogP contribution is 2.12. The number of carbonyl (C=O) groups excluding carboxylic acids is 2. The fourth-order valence-electron chi connectivity index (χ4n) is 2.24. The largest absolute Gasteiger partial charge is 0.351 e. The van der Waals surface area contributed by atoms with Crippen molar-refractivity contribution in [3.05, 3.63) is 35.4 Å². The van der Waals surface area contributed by atoms with Crippen LogP contribution in [0.25, 0.3) is 0 Å². The van der Waals surface area contributed by atoms with Gasteiger partial charge in [0.05, 0.1) is 6.04 Å². The Morgan fingerprint density at radius 3 is 2.85 bits per heavy atom. The van der Waals surface area contributed by atoms with Crippen LogP contribution in [0.15, 0.2) is 18.2 Å². The first-order valence-corrected chi connectivity index (χ1v) is 6.43. The molecule has 1 aromatic carbocycles. The van der Waals surface area contributed by atoms with Gasteiger partial charge in [-0.25, -0.2) is 8.78 Å². The molecule has 0 aliphatic carbocycles. The highest BCUT2D eigenvalue weighted by molar-refractivity contribution is 5.82. The summed E-state index contributed by atoms with van der Waals surface area (Å²) in [5, 5.41) is 2.73. The van der Waals surface area contributed by atoms with E-state index in [9.17, 15) is 18.4 Å². The zero-order chi connectivity index (χ0) is 14.7. The summed E-state index contributed by atoms with van der Waals surface area (Å²) in [6, 6.07) is 2.99. The fourth-order valence-corrected chi connectivity index (χ4v) is 2.24. The normalized spacial score (nSPS) is 18.4. The molecule has 1 atom stereocenters. The summed E-state index contributed by atoms with van der Waals surface area (Å²) >= 11 is 0. The van der Waals surface area contributed by atoms with E-state index >= 15 is 0 Å². The number of hydrogen-bond acceptors (Lipinski definition) is 2. The molecule has 1 aliphatic heterocycles. The summed E-state index contributed by atoms with van der Waals surface area (Å²) in [4.78, 5) is 24.6. The minimum atomic E-state index is -0.523. The highest BCUT2D eigenvalue weighted by Gasteiger charge is 2.27. The van der Waals surface area contributed by atoms with Crippen molar-refractivity contribution in [3.63, 3.8) is 0 Å². The minimum Gasteiger partial charge on any atom is -0.351 e. The van der Waals surface area contributed by atoms with Crippen molar-refractivity contribution in [2.24, 2.45) is 0 Å². The summed E-state index contributed by atoms with van der Waals surface area (Å²) < 4.78 is 26.4. The van der Waals surface area contributed by atoms with E-state index < -0.39 is 11.6 Å². The standard InChI is InChI=1S/C14H16F2N2O2/c1-18-8-11(7-14(18)20)17-13(19)5-2-9-6-10(15)3-4-12(9)16/h3-4,6,11H,2,5,7-8H2,1H3,(H,17,19). The molecule has 1 saturated heterocycles. The Morgan fingerprint density at radius 1 is 1.45 bits per heavy atom. The molecule has 20 heavy (non-hydrogen) atoms. The van der Waals surface area contributed by atoms with Crippen LogP contribution in [-0.4, -0.2) is 36.3 Å². The van der Waals surface area contributed by atoms with Gasteiger partial charge in [-0.05, 0) is 30.2 Å². The van der Waals surface area contributed by atoms with Crippen molar-refractivity contribution in [2.75, 3.05) is 13.6 Å². The molecule has 6 heteroatoms. The first-order valence-electron chi connectivity index (χ1n) is 6.43. The second-order valence-electron chi connectivity index (χ2n) is 4.98. The molecule has 1 unspecified atom stereocenters. The lowest BCUT2D eigenvalue weighted by atomic mass is 10.1. The SMILES string of the molecule is CN1CC(NC(=O)CCc2cc(F)ccc2F)CC1=O. The molecule has 1 N–H and O–H groups in total. The van der Waals surface area contributed by atoms with Gasteiger partial charge in [-0.1, -0.05) is 0 Å². The Balaban J connectivity index is 1.83. The first-order chi connectivity index (χ1) is 9.45. The van der Waals surface area contributed by atoms with Crippen molar-refractivity contribution in [1.82, 2.24) is 10.2 Å². The van der Waals surface area contributed by atoms with Gasteiger partial charge in [-0.2, -0.15) is 0 Å². The van der Waals surface area contributed by atoms with Gasteiger partial charge in [0.1, 0.15) is 11.6 Å². The number of nitrogens with one attached hydrogen (secondary N) is 1. The summed E-state index contributed by atoms with van der Waals surface area (Å²) in [7, 11) is 1.68. The highest BCUT2D eigenvalue weighted by atomic mass is 19.1. The van der Waals surface area contributed by atoms with Crippen LogP contribution in [0.1, 0.15) is 18.4 Å². The topological polar surface area (TPSA) is 49.4 Å². The van der Waals surface area contributed by atoms with Gasteiger partial charge in [0.15, 0.2) is 0 Å². The summed E-state index contributed by atoms with van der Waals surface area (Å²) in [6.07, 6.45) is 0.483. The van der Waals surface area contributed by atoms with E-state index in [0.717, 1.165) is 18.2 Å². The maximum absolute atomic E-state index is 13.4. The molecule has 1 fully saturated rings. The van der Waals surface area contributed by atoms with E-state index in [-0.39, 0.29) is 42.7 Å². The summed E-state index contributed by atoms with van der Waals surface area (Å²) in [5.41, 5.74) is 0.180. The lowest BCUT2D eigenvalue weighted by Gasteiger charge is -2.12. The van der Waals surface area contributed by atoms with Gasteiger partial charge in [-0.3, -0.25) is 9.59 Å². The number of likely N-dealkylation sites (tertiary alicyclic amines) is 1. The third-order valence-corrected chi connectivity index (χ3v) is 3.34. The molecule has 2 rings (SSSR count). The van der Waals surface area contributed by atoms with Crippen molar-refractivity contribution in [2.45, 2.75) is 25.3 Å². The lowest BCUT2D eigenvalue weighted by molar-refractivity contribution is -0.126. The smallest absolute Gasteiger partial charge is 0.224 e. The van der Waals surface area contributed by atoms with E-state index in [0.29, 0.717) is 6.54 Å². The number of benzene rings is 1. The lowest BCUT2D eigenvalue weighted by Crippen LogP contribution is -2.36. The van der Waals surface area contributed by atoms with Crippen LogP contribution in [-0.2, 0) is 16.0 Å². The molecule has 108 valence electrons. The van der Waals surface area contributed by atoms with E-state index in [1.807, 2.05) is 0 Å². The van der Waals surface area contributed by atoms with Gasteiger partial charge >= 0.3 is 0 Å². The van der Waals surface area contributed by atoms with Crippen molar-refractivity contribution in [3.8, 4) is 0 Å². The molecule has 0 radical (unpaired) electrons. The van der Waals surface area contributed by atoms with Crippen LogP contribution < -0.4 is 5.32 Å². The number of amides is 2. The predicted molar refractivity (Wildman–Crippen MR) is 68.9 cm³/mol. The van der Waals surface area contributed by atoms with Crippen LogP contribution in [0.2, 0.25) is 0 Å². The van der Waals surface area contributed by atoms with Crippen LogP contribution >= 0.6 is 0 Å². The predicted octanol–water partition coefficient (Wildman–Crippen LogP) is 1.24. The number of hydrogen-bond donors (Lipinski definition) is 1. The average molecular weight is 282 g/mol. The zero-order valence-corrected chi connectivity index (χ0v) is 11.2. The van der Waals surface area contributed by atoms with Gasteiger partial charge in [0.2, 0.25) is 11.8 Å². The number of aryl methyl sites for hydroxylation is 1. The Kier molecular flexibility index (Phi) is 4.32. The summed E-state index contributed by atoms with van der Waals surface area (Å²) in [6.45, 7) is 0.485. The Hall–Kier alpha value is -1.98. The molecule has 0 aromatic heterocycles. The quantitative estimate of drug-likeness (QED) is 0.903. The Labute approximate surface area is 115 Å². The van der Waals surface area contributed by atoms with Crippen LogP contribution in [0.5, 0.6) is 0 Å².